The maximum Gasteiger partial charge on any atom is 0.317 e. The monoisotopic (exact) mass is 391 g/mol. The molecule has 0 saturated carbocycles. The SMILES string of the molecule is CCC1CN(C(=O)NC(CCC(=O)O)Cc2ccccc2)CCN1CC(C)O. The summed E-state index contributed by atoms with van der Waals surface area (Å²) >= 11 is 0. The minimum absolute atomic E-state index is 0.0253. The van der Waals surface area contributed by atoms with Crippen molar-refractivity contribution in [3.63, 3.8) is 0 Å². The van der Waals surface area contributed by atoms with E-state index in [2.05, 4.69) is 17.1 Å². The van der Waals surface area contributed by atoms with Gasteiger partial charge in [-0.3, -0.25) is 9.69 Å². The highest BCUT2D eigenvalue weighted by molar-refractivity contribution is 5.75. The van der Waals surface area contributed by atoms with Crippen LogP contribution < -0.4 is 5.32 Å². The third kappa shape index (κ3) is 7.13. The van der Waals surface area contributed by atoms with E-state index in [1.165, 1.54) is 0 Å². The molecule has 0 aromatic heterocycles. The summed E-state index contributed by atoms with van der Waals surface area (Å²) in [6.45, 7) is 6.44. The van der Waals surface area contributed by atoms with Crippen LogP contribution >= 0.6 is 0 Å². The fourth-order valence-corrected chi connectivity index (χ4v) is 3.73. The second kappa shape index (κ2) is 11.0. The van der Waals surface area contributed by atoms with Gasteiger partial charge in [-0.05, 0) is 31.7 Å². The topological polar surface area (TPSA) is 93.1 Å². The number of carboxylic acids is 1. The van der Waals surface area contributed by atoms with Gasteiger partial charge in [0.05, 0.1) is 6.10 Å². The summed E-state index contributed by atoms with van der Waals surface area (Å²) in [7, 11) is 0. The number of benzene rings is 1. The molecule has 1 saturated heterocycles. The lowest BCUT2D eigenvalue weighted by molar-refractivity contribution is -0.137. The van der Waals surface area contributed by atoms with Crippen molar-refractivity contribution in [2.24, 2.45) is 0 Å². The number of urea groups is 1. The number of β-amino-alcohol motifs (C(OH)–C–C–N with tert-alkyl or cyclic N) is 1. The van der Waals surface area contributed by atoms with Gasteiger partial charge in [0.15, 0.2) is 0 Å². The fraction of sp³-hybridized carbons (Fsp3) is 0.619. The Morgan fingerprint density at radius 2 is 1.96 bits per heavy atom. The van der Waals surface area contributed by atoms with E-state index in [1.54, 1.807) is 6.92 Å². The van der Waals surface area contributed by atoms with Crippen LogP contribution in [0.1, 0.15) is 38.7 Å². The largest absolute Gasteiger partial charge is 0.481 e. The van der Waals surface area contributed by atoms with Crippen molar-refractivity contribution >= 4 is 12.0 Å². The Morgan fingerprint density at radius 1 is 1.25 bits per heavy atom. The molecule has 7 nitrogen and oxygen atoms in total. The summed E-state index contributed by atoms with van der Waals surface area (Å²) in [5, 5.41) is 21.8. The summed E-state index contributed by atoms with van der Waals surface area (Å²) in [4.78, 5) is 27.9. The second-order valence-corrected chi connectivity index (χ2v) is 7.62. The van der Waals surface area contributed by atoms with Crippen LogP contribution in [-0.4, -0.2) is 76.4 Å². The number of rotatable bonds is 9. The second-order valence-electron chi connectivity index (χ2n) is 7.62. The van der Waals surface area contributed by atoms with Crippen LogP contribution in [0.2, 0.25) is 0 Å². The van der Waals surface area contributed by atoms with Crippen molar-refractivity contribution in [1.82, 2.24) is 15.1 Å². The molecule has 1 fully saturated rings. The number of piperazine rings is 1. The first-order chi connectivity index (χ1) is 13.4. The molecule has 7 heteroatoms. The molecule has 156 valence electrons. The first-order valence-electron chi connectivity index (χ1n) is 10.1. The van der Waals surface area contributed by atoms with Gasteiger partial charge in [-0.2, -0.15) is 0 Å². The third-order valence-corrected chi connectivity index (χ3v) is 5.22. The van der Waals surface area contributed by atoms with E-state index >= 15 is 0 Å². The smallest absolute Gasteiger partial charge is 0.317 e. The molecule has 28 heavy (non-hydrogen) atoms. The lowest BCUT2D eigenvalue weighted by atomic mass is 10.0. The highest BCUT2D eigenvalue weighted by Gasteiger charge is 2.29. The van der Waals surface area contributed by atoms with Gasteiger partial charge < -0.3 is 20.4 Å². The minimum Gasteiger partial charge on any atom is -0.481 e. The summed E-state index contributed by atoms with van der Waals surface area (Å²) in [5.41, 5.74) is 1.08. The summed E-state index contributed by atoms with van der Waals surface area (Å²) < 4.78 is 0. The Bertz CT molecular complexity index is 623. The average molecular weight is 392 g/mol. The van der Waals surface area contributed by atoms with Gasteiger partial charge >= 0.3 is 12.0 Å². The standard InChI is InChI=1S/C21H33N3O4/c1-3-19-15-24(12-11-23(19)14-16(2)25)21(28)22-18(9-10-20(26)27)13-17-7-5-4-6-8-17/h4-8,16,18-19,25H,3,9-15H2,1-2H3,(H,22,28)(H,26,27). The van der Waals surface area contributed by atoms with Crippen molar-refractivity contribution in [3.8, 4) is 0 Å². The molecule has 0 spiro atoms. The molecule has 1 heterocycles. The Balaban J connectivity index is 1.96. The van der Waals surface area contributed by atoms with Crippen LogP contribution in [0.15, 0.2) is 30.3 Å². The number of hydrogen-bond acceptors (Lipinski definition) is 4. The third-order valence-electron chi connectivity index (χ3n) is 5.22. The Hall–Kier alpha value is -2.12. The van der Waals surface area contributed by atoms with E-state index in [1.807, 2.05) is 35.2 Å². The molecular weight excluding hydrogens is 358 g/mol. The lowest BCUT2D eigenvalue weighted by Gasteiger charge is -2.42. The zero-order chi connectivity index (χ0) is 20.5. The van der Waals surface area contributed by atoms with E-state index in [4.69, 9.17) is 5.11 Å². The number of carbonyl (C=O) groups excluding carboxylic acids is 1. The van der Waals surface area contributed by atoms with Gasteiger partial charge in [0, 0.05) is 44.7 Å². The first-order valence-corrected chi connectivity index (χ1v) is 10.1. The molecule has 1 aliphatic heterocycles. The normalized spacial score (nSPS) is 19.8. The maximum absolute atomic E-state index is 12.8. The number of aliphatic hydroxyl groups is 1. The molecule has 1 aromatic rings. The van der Waals surface area contributed by atoms with Gasteiger partial charge in [0.25, 0.3) is 0 Å². The van der Waals surface area contributed by atoms with Gasteiger partial charge in [0.1, 0.15) is 0 Å². The molecule has 3 N–H and O–H groups in total. The number of aliphatic carboxylic acids is 1. The van der Waals surface area contributed by atoms with Crippen molar-refractivity contribution < 1.29 is 19.8 Å². The van der Waals surface area contributed by atoms with Gasteiger partial charge in [-0.25, -0.2) is 4.79 Å². The van der Waals surface area contributed by atoms with E-state index < -0.39 is 5.97 Å². The zero-order valence-electron chi connectivity index (χ0n) is 16.9. The molecule has 0 aliphatic carbocycles. The van der Waals surface area contributed by atoms with Crippen LogP contribution in [0.5, 0.6) is 0 Å². The van der Waals surface area contributed by atoms with Gasteiger partial charge in [-0.1, -0.05) is 37.3 Å². The summed E-state index contributed by atoms with van der Waals surface area (Å²) in [5.74, 6) is -0.856. The summed E-state index contributed by atoms with van der Waals surface area (Å²) in [6, 6.07) is 9.66. The van der Waals surface area contributed by atoms with E-state index in [0.29, 0.717) is 32.5 Å². The van der Waals surface area contributed by atoms with Gasteiger partial charge in [0.2, 0.25) is 0 Å². The highest BCUT2D eigenvalue weighted by Crippen LogP contribution is 2.15. The number of hydrogen-bond donors (Lipinski definition) is 3. The Labute approximate surface area is 167 Å². The molecule has 0 radical (unpaired) electrons. The molecule has 3 atom stereocenters. The Morgan fingerprint density at radius 3 is 2.57 bits per heavy atom. The highest BCUT2D eigenvalue weighted by atomic mass is 16.4. The van der Waals surface area contributed by atoms with Crippen molar-refractivity contribution in [3.05, 3.63) is 35.9 Å². The quantitative estimate of drug-likeness (QED) is 0.598. The van der Waals surface area contributed by atoms with Crippen molar-refractivity contribution in [1.29, 1.82) is 0 Å². The predicted octanol–water partition coefficient (Wildman–Crippen LogP) is 1.95. The fourth-order valence-electron chi connectivity index (χ4n) is 3.73. The molecule has 1 aliphatic rings. The summed E-state index contributed by atoms with van der Waals surface area (Å²) in [6.07, 6.45) is 1.55. The molecular formula is C21H33N3O4. The predicted molar refractivity (Wildman–Crippen MR) is 108 cm³/mol. The molecule has 3 unspecified atom stereocenters. The van der Waals surface area contributed by atoms with Crippen LogP contribution in [0.4, 0.5) is 4.79 Å². The lowest BCUT2D eigenvalue weighted by Crippen LogP contribution is -2.58. The molecule has 2 amide bonds. The van der Waals surface area contributed by atoms with Crippen LogP contribution in [0, 0.1) is 0 Å². The number of carbonyl (C=O) groups is 2. The Kier molecular flexibility index (Phi) is 8.73. The number of nitrogens with zero attached hydrogens (tertiary/aromatic N) is 2. The first kappa shape index (κ1) is 22.2. The molecule has 0 bridgehead atoms. The molecule has 2 rings (SSSR count). The van der Waals surface area contributed by atoms with Gasteiger partial charge in [-0.15, -0.1) is 0 Å². The maximum atomic E-state index is 12.8. The number of carboxylic acid groups (broad SMARTS) is 1. The van der Waals surface area contributed by atoms with Crippen molar-refractivity contribution in [2.75, 3.05) is 26.2 Å². The number of nitrogens with one attached hydrogen (secondary N) is 1. The number of aliphatic hydroxyl groups excluding tert-OH is 1. The zero-order valence-corrected chi connectivity index (χ0v) is 16.9. The van der Waals surface area contributed by atoms with E-state index in [9.17, 15) is 14.7 Å². The van der Waals surface area contributed by atoms with Crippen LogP contribution in [0.3, 0.4) is 0 Å². The van der Waals surface area contributed by atoms with E-state index in [0.717, 1.165) is 18.5 Å². The van der Waals surface area contributed by atoms with Crippen LogP contribution in [-0.2, 0) is 11.2 Å². The van der Waals surface area contributed by atoms with Crippen molar-refractivity contribution in [2.45, 2.75) is 57.7 Å². The average Bonchev–Trinajstić information content (AvgIpc) is 2.66. The number of amides is 2. The minimum atomic E-state index is -0.856. The van der Waals surface area contributed by atoms with Crippen LogP contribution in [0.25, 0.3) is 0 Å². The van der Waals surface area contributed by atoms with E-state index in [-0.39, 0.29) is 30.6 Å². The molecule has 1 aromatic carbocycles.